The van der Waals surface area contributed by atoms with E-state index in [1.807, 2.05) is 0 Å². The molecule has 12 heteroatoms. The third-order valence-corrected chi connectivity index (χ3v) is 6.69. The summed E-state index contributed by atoms with van der Waals surface area (Å²) in [6, 6.07) is 6.05. The fourth-order valence-electron chi connectivity index (χ4n) is 2.39. The maximum absolute atomic E-state index is 12.8. The molecule has 0 radical (unpaired) electrons. The Morgan fingerprint density at radius 1 is 1.03 bits per heavy atom. The Kier molecular flexibility index (Phi) is 12.1. The number of rotatable bonds is 16. The lowest BCUT2D eigenvalue weighted by Crippen LogP contribution is -2.21. The average molecular weight is 478 g/mol. The molecule has 0 saturated carbocycles. The Labute approximate surface area is 182 Å². The Hall–Kier alpha value is -1.69. The molecule has 10 nitrogen and oxygen atoms in total. The van der Waals surface area contributed by atoms with Crippen molar-refractivity contribution in [3.05, 3.63) is 29.8 Å². The second kappa shape index (κ2) is 13.7. The summed E-state index contributed by atoms with van der Waals surface area (Å²) in [5, 5.41) is 9.85. The fourth-order valence-corrected chi connectivity index (χ4v) is 4.72. The van der Waals surface area contributed by atoms with Gasteiger partial charge in [0.05, 0.1) is 38.1 Å². The van der Waals surface area contributed by atoms with Crippen molar-refractivity contribution in [2.45, 2.75) is 39.7 Å². The predicted octanol–water partition coefficient (Wildman–Crippen LogP) is 4.69. The van der Waals surface area contributed by atoms with Crippen molar-refractivity contribution in [3.8, 4) is 18.3 Å². The molecule has 1 aromatic carbocycles. The number of phosphoric acid groups is 2. The van der Waals surface area contributed by atoms with E-state index in [1.165, 1.54) is 12.1 Å². The highest BCUT2D eigenvalue weighted by atomic mass is 31.2. The van der Waals surface area contributed by atoms with Gasteiger partial charge in [0.2, 0.25) is 0 Å². The SMILES string of the molecule is C#COP(=O)(OCC)OCC(CCC(=O)c1ccccc1O)OP(=O)(OCC)OCC. The number of ketones is 1. The van der Waals surface area contributed by atoms with Crippen LogP contribution in [-0.2, 0) is 36.3 Å². The van der Waals surface area contributed by atoms with Gasteiger partial charge < -0.3 is 9.63 Å². The van der Waals surface area contributed by atoms with E-state index in [0.29, 0.717) is 0 Å². The standard InChI is InChI=1S/C19H28O10P2/c1-5-24-30(22,25-6-2)28-15-16(29-31(23,26-7-3)27-8-4)13-14-19(21)17-11-9-10-12-18(17)20/h1,9-12,16,20H,6-8,13-15H2,2-4H3. The van der Waals surface area contributed by atoms with Gasteiger partial charge in [0.1, 0.15) is 11.9 Å². The fraction of sp³-hybridized carbons (Fsp3) is 0.526. The Morgan fingerprint density at radius 2 is 1.61 bits per heavy atom. The topological polar surface area (TPSA) is 127 Å². The molecule has 0 fully saturated rings. The van der Waals surface area contributed by atoms with Gasteiger partial charge in [-0.05, 0) is 39.3 Å². The number of Topliss-reactive ketones (excluding diaryl/α,β-unsaturated/α-hetero) is 1. The number of carbonyl (C=O) groups excluding carboxylic acids is 1. The molecule has 1 N–H and O–H groups in total. The number of terminal acetylenes is 1. The molecule has 2 unspecified atom stereocenters. The first-order valence-corrected chi connectivity index (χ1v) is 12.6. The summed E-state index contributed by atoms with van der Waals surface area (Å²) in [6.07, 6.45) is 5.56. The van der Waals surface area contributed by atoms with Crippen molar-refractivity contribution in [1.82, 2.24) is 0 Å². The van der Waals surface area contributed by atoms with Crippen LogP contribution in [0.25, 0.3) is 0 Å². The molecule has 0 spiro atoms. The molecule has 0 aliphatic rings. The smallest absolute Gasteiger partial charge is 0.507 e. The van der Waals surface area contributed by atoms with E-state index < -0.39 is 28.4 Å². The van der Waals surface area contributed by atoms with Crippen molar-refractivity contribution in [2.24, 2.45) is 0 Å². The van der Waals surface area contributed by atoms with Gasteiger partial charge in [-0.3, -0.25) is 27.4 Å². The van der Waals surface area contributed by atoms with E-state index >= 15 is 0 Å². The third kappa shape index (κ3) is 9.55. The van der Waals surface area contributed by atoms with Crippen LogP contribution in [-0.4, -0.2) is 43.4 Å². The first-order chi connectivity index (χ1) is 14.7. The number of benzene rings is 1. The van der Waals surface area contributed by atoms with Gasteiger partial charge in [0, 0.05) is 6.42 Å². The van der Waals surface area contributed by atoms with Crippen LogP contribution in [0, 0.1) is 12.5 Å². The van der Waals surface area contributed by atoms with Crippen LogP contribution in [0.5, 0.6) is 5.75 Å². The highest BCUT2D eigenvalue weighted by molar-refractivity contribution is 7.49. The van der Waals surface area contributed by atoms with Crippen LogP contribution in [0.4, 0.5) is 0 Å². The lowest BCUT2D eigenvalue weighted by atomic mass is 10.0. The summed E-state index contributed by atoms with van der Waals surface area (Å²) in [4.78, 5) is 12.5. The third-order valence-electron chi connectivity index (χ3n) is 3.62. The normalized spacial score (nSPS) is 14.4. The van der Waals surface area contributed by atoms with Crippen LogP contribution in [0.3, 0.4) is 0 Å². The molecule has 1 rings (SSSR count). The van der Waals surface area contributed by atoms with Gasteiger partial charge in [-0.25, -0.2) is 9.13 Å². The molecule has 0 bridgehead atoms. The molecule has 31 heavy (non-hydrogen) atoms. The van der Waals surface area contributed by atoms with Crippen molar-refractivity contribution < 1.29 is 46.2 Å². The Bertz CT molecular complexity index is 825. The molecular formula is C19H28O10P2. The molecule has 1 aromatic rings. The van der Waals surface area contributed by atoms with Gasteiger partial charge in [0.25, 0.3) is 0 Å². The summed E-state index contributed by atoms with van der Waals surface area (Å²) in [5.41, 5.74) is 0.121. The summed E-state index contributed by atoms with van der Waals surface area (Å²) in [7, 11) is -8.08. The Morgan fingerprint density at radius 3 is 2.16 bits per heavy atom. The van der Waals surface area contributed by atoms with E-state index in [1.54, 1.807) is 39.0 Å². The predicted molar refractivity (Wildman–Crippen MR) is 113 cm³/mol. The van der Waals surface area contributed by atoms with E-state index in [0.717, 1.165) is 0 Å². The number of aromatic hydroxyl groups is 1. The Balaban J connectivity index is 2.97. The second-order valence-corrected chi connectivity index (χ2v) is 9.07. The summed E-state index contributed by atoms with van der Waals surface area (Å²) in [6.45, 7) is 4.40. The molecule has 0 amide bonds. The van der Waals surface area contributed by atoms with Crippen LogP contribution >= 0.6 is 15.6 Å². The molecule has 0 aromatic heterocycles. The molecule has 2 atom stereocenters. The number of hydrogen-bond acceptors (Lipinski definition) is 10. The maximum Gasteiger partial charge on any atom is 0.538 e. The summed E-state index contributed by atoms with van der Waals surface area (Å²) in [5.74, 6) is -0.555. The number of para-hydroxylation sites is 1. The van der Waals surface area contributed by atoms with Crippen LogP contribution < -0.4 is 0 Å². The average Bonchev–Trinajstić information content (AvgIpc) is 2.71. The van der Waals surface area contributed by atoms with Gasteiger partial charge in [0.15, 0.2) is 5.78 Å². The zero-order chi connectivity index (χ0) is 23.3. The molecule has 0 heterocycles. The van der Waals surface area contributed by atoms with E-state index in [4.69, 9.17) is 29.0 Å². The number of phenols is 1. The first-order valence-electron chi connectivity index (χ1n) is 9.64. The quantitative estimate of drug-likeness (QED) is 0.203. The van der Waals surface area contributed by atoms with Gasteiger partial charge in [-0.1, -0.05) is 18.6 Å². The zero-order valence-electron chi connectivity index (χ0n) is 17.7. The second-order valence-electron chi connectivity index (χ2n) is 5.86. The monoisotopic (exact) mass is 478 g/mol. The van der Waals surface area contributed by atoms with E-state index in [2.05, 4.69) is 4.52 Å². The zero-order valence-corrected chi connectivity index (χ0v) is 19.5. The van der Waals surface area contributed by atoms with Gasteiger partial charge in [-0.15, -0.1) is 0 Å². The van der Waals surface area contributed by atoms with E-state index in [-0.39, 0.29) is 49.8 Å². The minimum Gasteiger partial charge on any atom is -0.507 e. The minimum atomic E-state index is -4.10. The number of hydrogen-bond donors (Lipinski definition) is 1. The highest BCUT2D eigenvalue weighted by Crippen LogP contribution is 2.53. The van der Waals surface area contributed by atoms with E-state index in [9.17, 15) is 19.0 Å². The number of carbonyl (C=O) groups is 1. The van der Waals surface area contributed by atoms with Gasteiger partial charge in [-0.2, -0.15) is 0 Å². The molecule has 0 saturated heterocycles. The largest absolute Gasteiger partial charge is 0.538 e. The number of phenolic OH excluding ortho intramolecular Hbond substituents is 1. The van der Waals surface area contributed by atoms with Crippen LogP contribution in [0.2, 0.25) is 0 Å². The van der Waals surface area contributed by atoms with Crippen molar-refractivity contribution in [2.75, 3.05) is 26.4 Å². The summed E-state index contributed by atoms with van der Waals surface area (Å²) < 4.78 is 55.6. The lowest BCUT2D eigenvalue weighted by molar-refractivity contribution is 0.0395. The number of phosphoric ester groups is 2. The minimum absolute atomic E-state index is 0.00731. The van der Waals surface area contributed by atoms with Gasteiger partial charge >= 0.3 is 15.6 Å². The van der Waals surface area contributed by atoms with Crippen molar-refractivity contribution in [3.63, 3.8) is 0 Å². The van der Waals surface area contributed by atoms with Crippen LogP contribution in [0.15, 0.2) is 24.3 Å². The summed E-state index contributed by atoms with van der Waals surface area (Å²) >= 11 is 0. The first kappa shape index (κ1) is 27.3. The van der Waals surface area contributed by atoms with Crippen molar-refractivity contribution >= 4 is 21.4 Å². The highest BCUT2D eigenvalue weighted by Gasteiger charge is 2.34. The lowest BCUT2D eigenvalue weighted by Gasteiger charge is -2.24. The van der Waals surface area contributed by atoms with Crippen LogP contribution in [0.1, 0.15) is 44.0 Å². The molecule has 0 aliphatic heterocycles. The van der Waals surface area contributed by atoms with Crippen molar-refractivity contribution in [1.29, 1.82) is 0 Å². The molecule has 174 valence electrons. The molecular weight excluding hydrogens is 450 g/mol. The maximum atomic E-state index is 12.8. The molecule has 0 aliphatic carbocycles.